The summed E-state index contributed by atoms with van der Waals surface area (Å²) in [4.78, 5) is 13.1. The van der Waals surface area contributed by atoms with Crippen LogP contribution in [-0.2, 0) is 5.75 Å². The van der Waals surface area contributed by atoms with E-state index in [1.54, 1.807) is 18.8 Å². The Kier molecular flexibility index (Phi) is 6.55. The molecule has 0 aromatic heterocycles. The average Bonchev–Trinajstić information content (AvgIpc) is 2.54. The summed E-state index contributed by atoms with van der Waals surface area (Å²) >= 11 is 1.81. The minimum absolute atomic E-state index is 0.0141. The number of hydrogen-bond donors (Lipinski definition) is 2. The molecular weight excluding hydrogens is 296 g/mol. The van der Waals surface area contributed by atoms with Crippen LogP contribution in [0.5, 0.6) is 0 Å². The van der Waals surface area contributed by atoms with Gasteiger partial charge >= 0.3 is 6.03 Å². The molecule has 0 aliphatic rings. The average molecular weight is 318 g/mol. The first-order valence-electron chi connectivity index (χ1n) is 7.36. The number of benzene rings is 2. The van der Waals surface area contributed by atoms with Gasteiger partial charge in [0.25, 0.3) is 0 Å². The summed E-state index contributed by atoms with van der Waals surface area (Å²) in [6, 6.07) is 14.6. The lowest BCUT2D eigenvalue weighted by molar-refractivity contribution is 0.191. The molecule has 0 aliphatic heterocycles. The molecule has 0 aliphatic carbocycles. The number of nitrogens with zero attached hydrogens (tertiary/aromatic N) is 1. The van der Waals surface area contributed by atoms with Gasteiger partial charge in [0.2, 0.25) is 0 Å². The first kappa shape index (κ1) is 16.6. The number of rotatable bonds is 7. The van der Waals surface area contributed by atoms with Gasteiger partial charge in [0.1, 0.15) is 0 Å². The molecule has 0 unspecified atom stereocenters. The van der Waals surface area contributed by atoms with Gasteiger partial charge in [0.15, 0.2) is 0 Å². The van der Waals surface area contributed by atoms with Crippen molar-refractivity contribution >= 4 is 28.6 Å². The maximum atomic E-state index is 11.6. The third-order valence-corrected chi connectivity index (χ3v) is 4.45. The molecule has 4 nitrogen and oxygen atoms in total. The van der Waals surface area contributed by atoms with E-state index in [1.807, 2.05) is 0 Å². The number of aliphatic hydroxyl groups is 1. The van der Waals surface area contributed by atoms with Crippen molar-refractivity contribution < 1.29 is 9.90 Å². The standard InChI is InChI=1S/C17H22N2O2S/c1-19(10-11-20)17(21)18-9-12-22-13-15-7-4-6-14-5-2-3-8-16(14)15/h2-8,20H,9-13H2,1H3,(H,18,21). The van der Waals surface area contributed by atoms with Gasteiger partial charge in [-0.2, -0.15) is 11.8 Å². The number of urea groups is 1. The summed E-state index contributed by atoms with van der Waals surface area (Å²) in [6.45, 7) is 0.971. The summed E-state index contributed by atoms with van der Waals surface area (Å²) in [5, 5.41) is 14.2. The predicted octanol–water partition coefficient (Wildman–Crippen LogP) is 2.71. The fourth-order valence-electron chi connectivity index (χ4n) is 2.22. The highest BCUT2D eigenvalue weighted by atomic mass is 32.2. The topological polar surface area (TPSA) is 52.6 Å². The van der Waals surface area contributed by atoms with E-state index in [0.717, 1.165) is 11.5 Å². The summed E-state index contributed by atoms with van der Waals surface area (Å²) in [7, 11) is 1.68. The number of aliphatic hydroxyl groups excluding tert-OH is 1. The van der Waals surface area contributed by atoms with Gasteiger partial charge in [-0.1, -0.05) is 42.5 Å². The predicted molar refractivity (Wildman–Crippen MR) is 93.2 cm³/mol. The summed E-state index contributed by atoms with van der Waals surface area (Å²) in [6.07, 6.45) is 0. The fourth-order valence-corrected chi connectivity index (χ4v) is 3.08. The molecule has 0 fully saturated rings. The van der Waals surface area contributed by atoms with Crippen LogP contribution in [-0.4, -0.2) is 48.5 Å². The zero-order chi connectivity index (χ0) is 15.8. The van der Waals surface area contributed by atoms with Crippen LogP contribution in [0.1, 0.15) is 5.56 Å². The third-order valence-electron chi connectivity index (χ3n) is 3.44. The molecule has 0 heterocycles. The monoisotopic (exact) mass is 318 g/mol. The maximum absolute atomic E-state index is 11.6. The second kappa shape index (κ2) is 8.66. The Morgan fingerprint density at radius 3 is 2.82 bits per heavy atom. The van der Waals surface area contributed by atoms with Gasteiger partial charge in [-0.15, -0.1) is 0 Å². The largest absolute Gasteiger partial charge is 0.395 e. The zero-order valence-electron chi connectivity index (χ0n) is 12.8. The molecule has 0 bridgehead atoms. The number of likely N-dealkylation sites (N-methyl/N-ethyl adjacent to an activating group) is 1. The van der Waals surface area contributed by atoms with Crippen LogP contribution in [0.25, 0.3) is 10.8 Å². The SMILES string of the molecule is CN(CCO)C(=O)NCCSCc1cccc2ccccc12. The van der Waals surface area contributed by atoms with E-state index in [1.165, 1.54) is 21.2 Å². The maximum Gasteiger partial charge on any atom is 0.317 e. The van der Waals surface area contributed by atoms with Crippen molar-refractivity contribution in [2.45, 2.75) is 5.75 Å². The third kappa shape index (κ3) is 4.64. The van der Waals surface area contributed by atoms with E-state index in [4.69, 9.17) is 5.11 Å². The van der Waals surface area contributed by atoms with Gasteiger partial charge in [-0.25, -0.2) is 4.79 Å². The minimum atomic E-state index is -0.139. The smallest absolute Gasteiger partial charge is 0.317 e. The highest BCUT2D eigenvalue weighted by Crippen LogP contribution is 2.22. The van der Waals surface area contributed by atoms with Crippen molar-refractivity contribution in [3.05, 3.63) is 48.0 Å². The van der Waals surface area contributed by atoms with Gasteiger partial charge < -0.3 is 15.3 Å². The minimum Gasteiger partial charge on any atom is -0.395 e. The number of carbonyl (C=O) groups is 1. The molecule has 5 heteroatoms. The van der Waals surface area contributed by atoms with Crippen molar-refractivity contribution in [2.24, 2.45) is 0 Å². The molecule has 0 spiro atoms. The second-order valence-corrected chi connectivity index (χ2v) is 6.17. The Balaban J connectivity index is 1.76. The molecule has 2 amide bonds. The lowest BCUT2D eigenvalue weighted by atomic mass is 10.1. The fraction of sp³-hybridized carbons (Fsp3) is 0.353. The quantitative estimate of drug-likeness (QED) is 0.772. The van der Waals surface area contributed by atoms with E-state index in [2.05, 4.69) is 47.8 Å². The Morgan fingerprint density at radius 1 is 1.23 bits per heavy atom. The molecule has 2 aromatic rings. The highest BCUT2D eigenvalue weighted by molar-refractivity contribution is 7.98. The lowest BCUT2D eigenvalue weighted by Gasteiger charge is -2.16. The first-order chi connectivity index (χ1) is 10.7. The number of amides is 2. The number of fused-ring (bicyclic) bond motifs is 1. The molecule has 0 saturated carbocycles. The number of nitrogens with one attached hydrogen (secondary N) is 1. The van der Waals surface area contributed by atoms with E-state index in [9.17, 15) is 4.79 Å². The molecule has 118 valence electrons. The summed E-state index contributed by atoms with van der Waals surface area (Å²) in [5.41, 5.74) is 1.33. The van der Waals surface area contributed by atoms with Gasteiger partial charge in [0, 0.05) is 31.6 Å². The molecular formula is C17H22N2O2S. The molecule has 2 rings (SSSR count). The number of hydrogen-bond acceptors (Lipinski definition) is 3. The van der Waals surface area contributed by atoms with Crippen molar-refractivity contribution in [2.75, 3.05) is 32.5 Å². The number of thioether (sulfide) groups is 1. The van der Waals surface area contributed by atoms with Crippen molar-refractivity contribution in [3.63, 3.8) is 0 Å². The van der Waals surface area contributed by atoms with Gasteiger partial charge in [0.05, 0.1) is 6.61 Å². The Bertz CT molecular complexity index is 613. The van der Waals surface area contributed by atoms with Crippen molar-refractivity contribution in [1.82, 2.24) is 10.2 Å². The van der Waals surface area contributed by atoms with E-state index < -0.39 is 0 Å². The Morgan fingerprint density at radius 2 is 2.00 bits per heavy atom. The molecule has 2 N–H and O–H groups in total. The number of carbonyl (C=O) groups excluding carboxylic acids is 1. The van der Waals surface area contributed by atoms with E-state index >= 15 is 0 Å². The Hall–Kier alpha value is -1.72. The summed E-state index contributed by atoms with van der Waals surface area (Å²) < 4.78 is 0. The lowest BCUT2D eigenvalue weighted by Crippen LogP contribution is -2.39. The van der Waals surface area contributed by atoms with Crippen LogP contribution < -0.4 is 5.32 Å². The molecule has 22 heavy (non-hydrogen) atoms. The normalized spacial score (nSPS) is 10.6. The molecule has 0 radical (unpaired) electrons. The van der Waals surface area contributed by atoms with E-state index in [0.29, 0.717) is 13.1 Å². The summed E-state index contributed by atoms with van der Waals surface area (Å²) in [5.74, 6) is 1.80. The van der Waals surface area contributed by atoms with Crippen LogP contribution in [0, 0.1) is 0 Å². The van der Waals surface area contributed by atoms with E-state index in [-0.39, 0.29) is 12.6 Å². The second-order valence-electron chi connectivity index (χ2n) is 5.07. The molecule has 0 saturated heterocycles. The van der Waals surface area contributed by atoms with Crippen molar-refractivity contribution in [3.8, 4) is 0 Å². The molecule has 2 aromatic carbocycles. The zero-order valence-corrected chi connectivity index (χ0v) is 13.6. The molecule has 0 atom stereocenters. The van der Waals surface area contributed by atoms with Crippen LogP contribution in [0.2, 0.25) is 0 Å². The van der Waals surface area contributed by atoms with Crippen LogP contribution >= 0.6 is 11.8 Å². The van der Waals surface area contributed by atoms with Gasteiger partial charge in [-0.3, -0.25) is 0 Å². The van der Waals surface area contributed by atoms with Crippen LogP contribution in [0.15, 0.2) is 42.5 Å². The van der Waals surface area contributed by atoms with Gasteiger partial charge in [-0.05, 0) is 16.3 Å². The van der Waals surface area contributed by atoms with Crippen LogP contribution in [0.4, 0.5) is 4.79 Å². The highest BCUT2D eigenvalue weighted by Gasteiger charge is 2.06. The first-order valence-corrected chi connectivity index (χ1v) is 8.52. The van der Waals surface area contributed by atoms with Crippen LogP contribution in [0.3, 0.4) is 0 Å². The van der Waals surface area contributed by atoms with Crippen molar-refractivity contribution in [1.29, 1.82) is 0 Å². The Labute approximate surface area is 135 Å².